The molecule has 60 heavy (non-hydrogen) atoms. The summed E-state index contributed by atoms with van der Waals surface area (Å²) in [4.78, 5) is 71.1. The number of methoxy groups -OCH3 is 1. The molecule has 330 valence electrons. The summed E-state index contributed by atoms with van der Waals surface area (Å²) < 4.78 is 63.7. The van der Waals surface area contributed by atoms with Gasteiger partial charge in [-0.2, -0.15) is 0 Å². The number of fused-ring (bicyclic) bond motifs is 2. The van der Waals surface area contributed by atoms with Crippen LogP contribution in [0.3, 0.4) is 0 Å². The molecule has 0 unspecified atom stereocenters. The summed E-state index contributed by atoms with van der Waals surface area (Å²) in [7, 11) is 1.21. The number of carbonyl (C=O) groups is 5. The second-order valence-electron chi connectivity index (χ2n) is 20.0. The number of hydrogen-bond acceptors (Lipinski definition) is 17. The largest absolute Gasteiger partial charge is 0.472 e. The van der Waals surface area contributed by atoms with Crippen molar-refractivity contribution in [3.05, 3.63) is 24.2 Å². The van der Waals surface area contributed by atoms with Crippen molar-refractivity contribution < 1.29 is 81.2 Å². The van der Waals surface area contributed by atoms with Gasteiger partial charge in [0.2, 0.25) is 0 Å². The Balaban J connectivity index is 1.41. The van der Waals surface area contributed by atoms with Crippen LogP contribution >= 0.6 is 0 Å². The Hall–Kier alpha value is -3.61. The lowest BCUT2D eigenvalue weighted by molar-refractivity contribution is -0.479. The Morgan fingerprint density at radius 2 is 1.60 bits per heavy atom. The van der Waals surface area contributed by atoms with Crippen LogP contribution in [0.4, 0.5) is 0 Å². The minimum atomic E-state index is -2.80. The van der Waals surface area contributed by atoms with Crippen LogP contribution in [0.5, 0.6) is 0 Å². The highest BCUT2D eigenvalue weighted by molar-refractivity contribution is 5.83. The lowest BCUT2D eigenvalue weighted by atomic mass is 9.31. The Morgan fingerprint density at radius 3 is 2.18 bits per heavy atom. The number of aliphatic hydroxyl groups is 2. The second-order valence-corrected chi connectivity index (χ2v) is 20.0. The number of esters is 5. The van der Waals surface area contributed by atoms with Crippen molar-refractivity contribution in [2.75, 3.05) is 7.11 Å². The van der Waals surface area contributed by atoms with Crippen molar-refractivity contribution in [1.82, 2.24) is 0 Å². The molecule has 17 atom stereocenters. The van der Waals surface area contributed by atoms with Gasteiger partial charge in [-0.05, 0) is 45.1 Å². The Labute approximate surface area is 347 Å². The molecule has 8 fully saturated rings. The number of cyclic esters (lactones) is 1. The highest BCUT2D eigenvalue weighted by Crippen LogP contribution is 2.89. The lowest BCUT2D eigenvalue weighted by Gasteiger charge is -2.79. The summed E-state index contributed by atoms with van der Waals surface area (Å²) >= 11 is 0. The standard InChI is InChI=1S/C43H56O17/c1-12-21(4)30(47)53-25-16-35(7)28(23-13-14-52-18-23)54-27(45)17-40(35)43-32(55-29(46)20(2)3)41(50)31(56-33(48)36(8)22(5)57-36)34(6)19-39(41,49)37(9,24(34)15-26(44)51-11)42(25,43)59-38(10,58-40)60-43/h13-14,18,20-22,24-25,28,31-32,49-50H,12,15-17,19H2,1-11H3/t21-,22+,24-,25+,28-,31-,32+,34-,35-,36+,37+,38+,39+,40-,41-,42-,43-/m0/s1. The van der Waals surface area contributed by atoms with Gasteiger partial charge in [0, 0.05) is 35.2 Å². The van der Waals surface area contributed by atoms with Crippen LogP contribution < -0.4 is 0 Å². The molecule has 4 aliphatic carbocycles. The van der Waals surface area contributed by atoms with E-state index in [0.717, 1.165) is 0 Å². The fraction of sp³-hybridized carbons (Fsp3) is 0.791. The third kappa shape index (κ3) is 4.28. The topological polar surface area (TPSA) is 225 Å². The molecule has 4 bridgehead atoms. The molecule has 0 radical (unpaired) electrons. The van der Waals surface area contributed by atoms with Crippen LogP contribution in [0.25, 0.3) is 0 Å². The fourth-order valence-electron chi connectivity index (χ4n) is 13.7. The van der Waals surface area contributed by atoms with Crippen molar-refractivity contribution in [1.29, 1.82) is 0 Å². The molecule has 8 aliphatic rings. The summed E-state index contributed by atoms with van der Waals surface area (Å²) in [5.41, 5.74) is -17.8. The third-order valence-corrected chi connectivity index (χ3v) is 16.8. The first-order chi connectivity index (χ1) is 27.8. The van der Waals surface area contributed by atoms with Crippen molar-refractivity contribution in [3.8, 4) is 0 Å². The summed E-state index contributed by atoms with van der Waals surface area (Å²) in [6.45, 7) is 16.5. The van der Waals surface area contributed by atoms with E-state index in [9.17, 15) is 34.2 Å². The molecule has 4 aliphatic heterocycles. The summed E-state index contributed by atoms with van der Waals surface area (Å²) in [6.07, 6.45) is -5.20. The quantitative estimate of drug-likeness (QED) is 0.196. The van der Waals surface area contributed by atoms with Gasteiger partial charge in [0.15, 0.2) is 28.5 Å². The Bertz CT molecular complexity index is 2070. The van der Waals surface area contributed by atoms with E-state index in [2.05, 4.69) is 0 Å². The van der Waals surface area contributed by atoms with Gasteiger partial charge in [-0.25, -0.2) is 4.79 Å². The van der Waals surface area contributed by atoms with Crippen LogP contribution in [0, 0.1) is 34.0 Å². The van der Waals surface area contributed by atoms with Crippen LogP contribution in [0.2, 0.25) is 0 Å². The number of ether oxygens (including phenoxy) is 9. The van der Waals surface area contributed by atoms with E-state index in [0.29, 0.717) is 12.0 Å². The zero-order chi connectivity index (χ0) is 43.8. The third-order valence-electron chi connectivity index (χ3n) is 16.8. The maximum atomic E-state index is 14.4. The molecular weight excluding hydrogens is 788 g/mol. The van der Waals surface area contributed by atoms with E-state index in [1.165, 1.54) is 33.5 Å². The first kappa shape index (κ1) is 41.7. The van der Waals surface area contributed by atoms with Gasteiger partial charge < -0.3 is 57.3 Å². The molecule has 2 spiro atoms. The number of carbonyl (C=O) groups excluding carboxylic acids is 5. The second kappa shape index (κ2) is 12.1. The van der Waals surface area contributed by atoms with E-state index in [1.807, 2.05) is 6.92 Å². The predicted octanol–water partition coefficient (Wildman–Crippen LogP) is 3.34. The minimum absolute atomic E-state index is 0.151. The van der Waals surface area contributed by atoms with Crippen molar-refractivity contribution in [3.63, 3.8) is 0 Å². The number of rotatable bonds is 10. The molecule has 9 rings (SSSR count). The lowest BCUT2D eigenvalue weighted by Crippen LogP contribution is -2.99. The van der Waals surface area contributed by atoms with Crippen LogP contribution in [0.15, 0.2) is 23.0 Å². The summed E-state index contributed by atoms with van der Waals surface area (Å²) in [6, 6.07) is 1.62. The van der Waals surface area contributed by atoms with Crippen molar-refractivity contribution >= 4 is 29.8 Å². The zero-order valence-corrected chi connectivity index (χ0v) is 35.9. The Morgan fingerprint density at radius 1 is 0.933 bits per heavy atom. The zero-order valence-electron chi connectivity index (χ0n) is 35.9. The predicted molar refractivity (Wildman–Crippen MR) is 198 cm³/mol. The summed E-state index contributed by atoms with van der Waals surface area (Å²) in [5, 5.41) is 28.1. The van der Waals surface area contributed by atoms with Gasteiger partial charge in [0.1, 0.15) is 29.5 Å². The van der Waals surface area contributed by atoms with Gasteiger partial charge in [-0.1, -0.05) is 48.5 Å². The molecule has 4 saturated carbocycles. The molecule has 0 aromatic carbocycles. The smallest absolute Gasteiger partial charge is 0.341 e. The average Bonchev–Trinajstić information content (AvgIpc) is 3.63. The van der Waals surface area contributed by atoms with Crippen molar-refractivity contribution in [2.24, 2.45) is 34.0 Å². The van der Waals surface area contributed by atoms with Crippen LogP contribution in [-0.2, 0) is 66.6 Å². The number of epoxide rings is 1. The number of furan rings is 1. The highest BCUT2D eigenvalue weighted by atomic mass is 17.0. The molecule has 4 saturated heterocycles. The normalized spacial score (nSPS) is 51.6. The van der Waals surface area contributed by atoms with Gasteiger partial charge in [-0.3, -0.25) is 19.2 Å². The minimum Gasteiger partial charge on any atom is -0.472 e. The SMILES string of the molecule is CC[C@H](C)C(=O)O[C@@H]1C[C@@]2(C)[C@H](c3ccoc3)OC(=O)C[C@]23O[C@@]2(C)O[C@@]34[C@H](OC(=O)C(C)C)[C@@]3(O)[C@@H](OC(=O)[C@]5(C)O[C@@H]5C)[C@@]5(C)C[C@@]3(O)[C@@](C)([C@H]5CC(=O)OC)[C@@]14O2. The molecule has 1 aromatic rings. The molecule has 0 amide bonds. The molecule has 17 nitrogen and oxygen atoms in total. The van der Waals surface area contributed by atoms with Gasteiger partial charge in [0.25, 0.3) is 5.97 Å². The van der Waals surface area contributed by atoms with E-state index < -0.39 is 147 Å². The van der Waals surface area contributed by atoms with Gasteiger partial charge >= 0.3 is 29.8 Å². The maximum absolute atomic E-state index is 14.4. The summed E-state index contributed by atoms with van der Waals surface area (Å²) in [5.74, 6) is -8.52. The Kier molecular flexibility index (Phi) is 8.41. The highest BCUT2D eigenvalue weighted by Gasteiger charge is 3.07. The van der Waals surface area contributed by atoms with Crippen LogP contribution in [-0.4, -0.2) is 111 Å². The van der Waals surface area contributed by atoms with Gasteiger partial charge in [-0.15, -0.1) is 0 Å². The average molecular weight is 845 g/mol. The van der Waals surface area contributed by atoms with E-state index in [1.54, 1.807) is 54.5 Å². The molecule has 2 N–H and O–H groups in total. The molecular formula is C43H56O17. The first-order valence-corrected chi connectivity index (χ1v) is 21.0. The fourth-order valence-corrected chi connectivity index (χ4v) is 13.7. The molecule has 1 aromatic heterocycles. The molecule has 5 heterocycles. The van der Waals surface area contributed by atoms with Gasteiger partial charge in [0.05, 0.1) is 44.0 Å². The van der Waals surface area contributed by atoms with Crippen molar-refractivity contribution in [2.45, 2.75) is 171 Å². The maximum Gasteiger partial charge on any atom is 0.341 e. The molecule has 17 heteroatoms. The van der Waals surface area contributed by atoms with E-state index in [4.69, 9.17) is 47.0 Å². The van der Waals surface area contributed by atoms with E-state index >= 15 is 0 Å². The van der Waals surface area contributed by atoms with Crippen LogP contribution in [0.1, 0.15) is 113 Å². The van der Waals surface area contributed by atoms with E-state index in [-0.39, 0.29) is 12.8 Å². The number of hydrogen-bond donors (Lipinski definition) is 2. The monoisotopic (exact) mass is 844 g/mol. The first-order valence-electron chi connectivity index (χ1n) is 21.0.